The van der Waals surface area contributed by atoms with E-state index in [2.05, 4.69) is 31.3 Å². The average Bonchev–Trinajstić information content (AvgIpc) is 3.16. The van der Waals surface area contributed by atoms with E-state index in [1.807, 2.05) is 0 Å². The van der Waals surface area contributed by atoms with Crippen LogP contribution in [0.5, 0.6) is 0 Å². The second-order valence-corrected chi connectivity index (χ2v) is 15.0. The van der Waals surface area contributed by atoms with Crippen LogP contribution in [0.3, 0.4) is 0 Å². The molecule has 361 valence electrons. The average molecular weight is 969 g/mol. The van der Waals surface area contributed by atoms with Gasteiger partial charge in [0.25, 0.3) is 0 Å². The number of aliphatic hydroxyl groups is 14. The van der Waals surface area contributed by atoms with E-state index in [9.17, 15) is 66.1 Å². The zero-order chi connectivity index (χ0) is 46.3. The summed E-state index contributed by atoms with van der Waals surface area (Å²) in [5.74, 6) is 0. The Bertz CT molecular complexity index is 991. The molecule has 0 aliphatic rings. The zero-order valence-corrected chi connectivity index (χ0v) is 37.2. The van der Waals surface area contributed by atoms with E-state index in [1.54, 1.807) is 20.8 Å². The van der Waals surface area contributed by atoms with Crippen LogP contribution in [0.15, 0.2) is 0 Å². The van der Waals surface area contributed by atoms with Gasteiger partial charge in [-0.05, 0) is 33.6 Å². The molecular weight excluding hydrogens is 895 g/mol. The van der Waals surface area contributed by atoms with Crippen molar-refractivity contribution in [3.05, 3.63) is 0 Å². The van der Waals surface area contributed by atoms with Gasteiger partial charge in [0, 0.05) is 39.4 Å². The third-order valence-corrected chi connectivity index (χ3v) is 7.77. The Hall–Kier alpha value is -0.661. The number of alkyl carbamates (subject to hydrolysis) is 1. The number of thiol groups is 1. The normalized spacial score (nSPS) is 18.2. The number of hydrogen-bond acceptors (Lipinski definition) is 23. The van der Waals surface area contributed by atoms with Gasteiger partial charge >= 0.3 is 32.0 Å². The molecule has 1 radical (unpaired) electrons. The topological polar surface area (TPSA) is 371 Å². The first-order valence-corrected chi connectivity index (χ1v) is 22.0. The van der Waals surface area contributed by atoms with Gasteiger partial charge in [-0.25, -0.2) is 4.79 Å². The van der Waals surface area contributed by atoms with E-state index < -0.39 is 111 Å². The molecule has 0 aromatic carbocycles. The summed E-state index contributed by atoms with van der Waals surface area (Å²) in [7, 11) is 0. The number of amides is 1. The quantitative estimate of drug-likeness (QED) is 0.0205. The van der Waals surface area contributed by atoms with Gasteiger partial charge in [-0.15, -0.1) is 0 Å². The Morgan fingerprint density at radius 3 is 1.12 bits per heavy atom. The molecule has 23 nitrogen and oxygen atoms in total. The predicted molar refractivity (Wildman–Crippen MR) is 215 cm³/mol. The molecule has 0 bridgehead atoms. The van der Waals surface area contributed by atoms with E-state index in [0.29, 0.717) is 0 Å². The fourth-order valence-corrected chi connectivity index (χ4v) is 4.91. The maximum absolute atomic E-state index is 11.6. The standard InChI is InChI=1S/C35H72N2O21.HSSe/c1-35(2,3)58-34(52)36-8-22(40)12-53-14-24(42)16-55-18-26(44)20-57-21-27(45)19-56-17-25(43)15-54-13-23(41)9-37(10-30(48)32(50)28(46)4-6-38)11-31(49)33(51)29(47)5-7-39;1-2/h22-33,38-51H,4-21H2,1-3H3,(H,36,52);1H. The number of nitrogens with one attached hydrogen (secondary N) is 1. The van der Waals surface area contributed by atoms with Gasteiger partial charge in [-0.1, -0.05) is 0 Å². The molecule has 60 heavy (non-hydrogen) atoms. The van der Waals surface area contributed by atoms with E-state index in [0.717, 1.165) is 0 Å². The summed E-state index contributed by atoms with van der Waals surface area (Å²) in [5, 5.41) is 142. The molecule has 15 N–H and O–H groups in total. The number of ether oxygens (including phenoxy) is 6. The Kier molecular flexibility index (Phi) is 37.5. The molecule has 0 aromatic rings. The van der Waals surface area contributed by atoms with Crippen LogP contribution >= 0.6 is 11.0 Å². The zero-order valence-electron chi connectivity index (χ0n) is 34.6. The van der Waals surface area contributed by atoms with Crippen molar-refractivity contribution < 1.29 is 105 Å². The van der Waals surface area contributed by atoms with Gasteiger partial charge in [0.1, 0.15) is 42.2 Å². The minimum atomic E-state index is -1.70. The fourth-order valence-electron chi connectivity index (χ4n) is 4.91. The van der Waals surface area contributed by atoms with Crippen molar-refractivity contribution in [1.82, 2.24) is 10.2 Å². The second-order valence-electron chi connectivity index (χ2n) is 15.0. The molecule has 0 saturated heterocycles. The maximum atomic E-state index is 11.6. The van der Waals surface area contributed by atoms with Crippen molar-refractivity contribution >= 4 is 32.0 Å². The van der Waals surface area contributed by atoms with Crippen LogP contribution in [0.1, 0.15) is 33.6 Å². The van der Waals surface area contributed by atoms with Crippen LogP contribution in [-0.4, -0.2) is 282 Å². The first-order chi connectivity index (χ1) is 28.2. The third kappa shape index (κ3) is 33.8. The van der Waals surface area contributed by atoms with Crippen LogP contribution in [-0.2, 0) is 28.4 Å². The number of carbonyl (C=O) groups is 1. The van der Waals surface area contributed by atoms with Gasteiger partial charge in [0.15, 0.2) is 0 Å². The number of hydrogen-bond donors (Lipinski definition) is 16. The molecule has 12 atom stereocenters. The Morgan fingerprint density at radius 1 is 0.517 bits per heavy atom. The van der Waals surface area contributed by atoms with Crippen molar-refractivity contribution in [1.29, 1.82) is 0 Å². The number of aliphatic hydroxyl groups excluding tert-OH is 14. The molecule has 0 aliphatic carbocycles. The third-order valence-electron chi connectivity index (χ3n) is 7.77. The molecule has 25 heteroatoms. The van der Waals surface area contributed by atoms with Crippen LogP contribution < -0.4 is 5.32 Å². The second kappa shape index (κ2) is 36.7. The van der Waals surface area contributed by atoms with Gasteiger partial charge in [0.2, 0.25) is 0 Å². The Morgan fingerprint density at radius 2 is 0.817 bits per heavy atom. The SMILES string of the molecule is CC(C)(C)OC(=O)NCC(O)COCC(O)COCC(O)COCC(O)COCC(O)COCC(O)CN(CC(O)C(O)C(O)CCO)CC(O)C(O)C(O)CCO.S[Se]. The summed E-state index contributed by atoms with van der Waals surface area (Å²) < 4.78 is 31.3. The Balaban J connectivity index is 0. The van der Waals surface area contributed by atoms with Crippen molar-refractivity contribution in [3.8, 4) is 0 Å². The monoisotopic (exact) mass is 969 g/mol. The molecule has 1 amide bonds. The number of carbonyl (C=O) groups excluding carboxylic acids is 1. The molecule has 0 spiro atoms. The van der Waals surface area contributed by atoms with Gasteiger partial charge in [0.05, 0.1) is 103 Å². The van der Waals surface area contributed by atoms with Crippen LogP contribution in [0.2, 0.25) is 0 Å². The van der Waals surface area contributed by atoms with Gasteiger partial charge in [-0.3, -0.25) is 4.90 Å². The van der Waals surface area contributed by atoms with E-state index in [1.165, 1.54) is 4.90 Å². The minimum absolute atomic E-state index is 0.116. The van der Waals surface area contributed by atoms with E-state index >= 15 is 0 Å². The summed E-state index contributed by atoms with van der Waals surface area (Å²) in [6.07, 6.45) is -17.5. The predicted octanol–water partition coefficient (Wildman–Crippen LogP) is -7.01. The van der Waals surface area contributed by atoms with Crippen LogP contribution in [0, 0.1) is 0 Å². The summed E-state index contributed by atoms with van der Waals surface area (Å²) in [6, 6.07) is 0. The molecule has 0 aromatic heterocycles. The summed E-state index contributed by atoms with van der Waals surface area (Å²) in [4.78, 5) is 12.8. The van der Waals surface area contributed by atoms with Crippen molar-refractivity contribution in [2.75, 3.05) is 105 Å². The van der Waals surface area contributed by atoms with Crippen molar-refractivity contribution in [3.63, 3.8) is 0 Å². The van der Waals surface area contributed by atoms with Crippen molar-refractivity contribution in [2.45, 2.75) is 112 Å². The molecular formula is C35H73N2O21SSe. The molecule has 0 rings (SSSR count). The van der Waals surface area contributed by atoms with Crippen LogP contribution in [0.25, 0.3) is 0 Å². The Labute approximate surface area is 364 Å². The van der Waals surface area contributed by atoms with Gasteiger partial charge < -0.3 is 105 Å². The van der Waals surface area contributed by atoms with Gasteiger partial charge in [-0.2, -0.15) is 0 Å². The molecule has 12 unspecified atom stereocenters. The molecule has 0 heterocycles. The van der Waals surface area contributed by atoms with Crippen molar-refractivity contribution in [2.24, 2.45) is 0 Å². The molecule has 0 aliphatic heterocycles. The number of nitrogens with zero attached hydrogens (tertiary/aromatic N) is 1. The first kappa shape index (κ1) is 61.4. The molecule has 0 saturated carbocycles. The fraction of sp³-hybridized carbons (Fsp3) is 0.971. The molecule has 0 fully saturated rings. The van der Waals surface area contributed by atoms with E-state index in [-0.39, 0.29) is 92.0 Å². The van der Waals surface area contributed by atoms with E-state index in [4.69, 9.17) is 38.6 Å². The van der Waals surface area contributed by atoms with Crippen LogP contribution in [0.4, 0.5) is 4.79 Å². The summed E-state index contributed by atoms with van der Waals surface area (Å²) in [6.45, 7) is 0.528. The summed E-state index contributed by atoms with van der Waals surface area (Å²) >= 11 is 5.72. The summed E-state index contributed by atoms with van der Waals surface area (Å²) in [5.41, 5.74) is -0.683. The first-order valence-electron chi connectivity index (χ1n) is 19.3. The number of rotatable bonds is 36.